The maximum Gasteiger partial charge on any atom is 0.322 e. The zero-order valence-corrected chi connectivity index (χ0v) is 28.3. The molecule has 0 saturated heterocycles. The molecule has 0 aliphatic carbocycles. The predicted octanol–water partition coefficient (Wildman–Crippen LogP) is 9.77. The van der Waals surface area contributed by atoms with Crippen molar-refractivity contribution in [3.8, 4) is 11.5 Å². The largest absolute Gasteiger partial charge is 0.487 e. The van der Waals surface area contributed by atoms with Crippen molar-refractivity contribution >= 4 is 11.9 Å². The molecule has 2 rings (SSSR count). The van der Waals surface area contributed by atoms with Crippen LogP contribution in [-0.2, 0) is 20.7 Å². The Bertz CT molecular complexity index is 1020. The van der Waals surface area contributed by atoms with Crippen molar-refractivity contribution in [2.45, 2.75) is 164 Å². The van der Waals surface area contributed by atoms with E-state index in [-0.39, 0.29) is 5.60 Å². The molecule has 1 aliphatic rings. The van der Waals surface area contributed by atoms with Crippen LogP contribution in [0.4, 0.5) is 0 Å². The molecule has 3 atom stereocenters. The molecule has 1 aromatic rings. The van der Waals surface area contributed by atoms with Crippen molar-refractivity contribution < 1.29 is 23.8 Å². The van der Waals surface area contributed by atoms with E-state index in [4.69, 9.17) is 14.2 Å². The van der Waals surface area contributed by atoms with Crippen LogP contribution in [-0.4, -0.2) is 23.1 Å². The maximum absolute atomic E-state index is 12.6. The van der Waals surface area contributed by atoms with E-state index in [0.717, 1.165) is 65.0 Å². The van der Waals surface area contributed by atoms with Gasteiger partial charge in [-0.2, -0.15) is 0 Å². The Morgan fingerprint density at radius 1 is 0.829 bits per heavy atom. The van der Waals surface area contributed by atoms with Gasteiger partial charge in [0.25, 0.3) is 0 Å². The van der Waals surface area contributed by atoms with Gasteiger partial charge in [0.05, 0.1) is 0 Å². The zero-order chi connectivity index (χ0) is 31.0. The van der Waals surface area contributed by atoms with Crippen molar-refractivity contribution in [3.63, 3.8) is 0 Å². The summed E-state index contributed by atoms with van der Waals surface area (Å²) in [7, 11) is 0. The zero-order valence-electron chi connectivity index (χ0n) is 28.3. The quantitative estimate of drug-likeness (QED) is 0.119. The maximum atomic E-state index is 12.6. The summed E-state index contributed by atoms with van der Waals surface area (Å²) in [5, 5.41) is 0. The van der Waals surface area contributed by atoms with Gasteiger partial charge in [0.1, 0.15) is 29.1 Å². The molecule has 5 nitrogen and oxygen atoms in total. The van der Waals surface area contributed by atoms with E-state index in [2.05, 4.69) is 34.6 Å². The van der Waals surface area contributed by atoms with Crippen LogP contribution < -0.4 is 9.47 Å². The summed E-state index contributed by atoms with van der Waals surface area (Å²) in [6.07, 6.45) is 13.0. The summed E-state index contributed by atoms with van der Waals surface area (Å²) in [4.78, 5) is 24.7. The highest BCUT2D eigenvalue weighted by Crippen LogP contribution is 2.45. The second-order valence-electron chi connectivity index (χ2n) is 14.7. The average molecular weight is 573 g/mol. The van der Waals surface area contributed by atoms with E-state index in [1.807, 2.05) is 20.8 Å². The first-order valence-electron chi connectivity index (χ1n) is 16.3. The van der Waals surface area contributed by atoms with Crippen molar-refractivity contribution in [2.24, 2.45) is 17.8 Å². The Morgan fingerprint density at radius 3 is 1.95 bits per heavy atom. The topological polar surface area (TPSA) is 61.8 Å². The summed E-state index contributed by atoms with van der Waals surface area (Å²) >= 11 is 0. The third-order valence-electron chi connectivity index (χ3n) is 8.76. The van der Waals surface area contributed by atoms with E-state index < -0.39 is 24.0 Å². The van der Waals surface area contributed by atoms with E-state index >= 15 is 0 Å². The smallest absolute Gasteiger partial charge is 0.322 e. The molecule has 0 fully saturated rings. The predicted molar refractivity (Wildman–Crippen MR) is 169 cm³/mol. The van der Waals surface area contributed by atoms with E-state index in [9.17, 15) is 9.59 Å². The van der Waals surface area contributed by atoms with E-state index in [1.165, 1.54) is 51.4 Å². The van der Waals surface area contributed by atoms with Gasteiger partial charge in [-0.1, -0.05) is 72.6 Å². The summed E-state index contributed by atoms with van der Waals surface area (Å²) < 4.78 is 17.7. The molecule has 0 saturated carbocycles. The van der Waals surface area contributed by atoms with Crippen LogP contribution in [0.5, 0.6) is 11.5 Å². The molecule has 0 amide bonds. The second-order valence-corrected chi connectivity index (χ2v) is 14.7. The lowest BCUT2D eigenvalue weighted by molar-refractivity contribution is -0.158. The number of carbonyl (C=O) groups is 2. The van der Waals surface area contributed by atoms with Gasteiger partial charge in [0.2, 0.25) is 0 Å². The molecule has 1 heterocycles. The molecule has 0 N–H and O–H groups in total. The molecule has 1 aromatic carbocycles. The third kappa shape index (κ3) is 11.6. The van der Waals surface area contributed by atoms with Crippen molar-refractivity contribution in [1.29, 1.82) is 0 Å². The van der Waals surface area contributed by atoms with Crippen LogP contribution in [0.25, 0.3) is 0 Å². The SMILES string of the molecule is Cc1c(C)c2c(c(C)c1OC(=O)CC(=O)OC(C)(C)C)CC[C@@](C)(CCCC(C)CCCC(C)CCCC(C)C)O2. The molecule has 5 heteroatoms. The first-order chi connectivity index (χ1) is 19.0. The Morgan fingerprint density at radius 2 is 1.39 bits per heavy atom. The Balaban J connectivity index is 1.90. The van der Waals surface area contributed by atoms with Gasteiger partial charge in [-0.15, -0.1) is 0 Å². The summed E-state index contributed by atoms with van der Waals surface area (Å²) in [5.74, 6) is 2.74. The molecule has 1 aliphatic heterocycles. The average Bonchev–Trinajstić information content (AvgIpc) is 2.83. The number of rotatable bonds is 15. The van der Waals surface area contributed by atoms with Crippen molar-refractivity contribution in [3.05, 3.63) is 22.3 Å². The van der Waals surface area contributed by atoms with Crippen LogP contribution in [0.1, 0.15) is 148 Å². The van der Waals surface area contributed by atoms with Gasteiger partial charge in [-0.05, 0) is 109 Å². The Labute approximate surface area is 251 Å². The first kappa shape index (κ1) is 35.2. The highest BCUT2D eigenvalue weighted by Gasteiger charge is 2.35. The lowest BCUT2D eigenvalue weighted by atomic mass is 9.83. The number of benzene rings is 1. The number of ether oxygens (including phenoxy) is 3. The highest BCUT2D eigenvalue weighted by molar-refractivity contribution is 5.92. The van der Waals surface area contributed by atoms with Crippen LogP contribution in [0, 0.1) is 38.5 Å². The third-order valence-corrected chi connectivity index (χ3v) is 8.76. The van der Waals surface area contributed by atoms with Crippen LogP contribution >= 0.6 is 0 Å². The molecular formula is C36H60O5. The minimum absolute atomic E-state index is 0.184. The van der Waals surface area contributed by atoms with Gasteiger partial charge < -0.3 is 14.2 Å². The summed E-state index contributed by atoms with van der Waals surface area (Å²) in [5.41, 5.74) is 3.11. The van der Waals surface area contributed by atoms with E-state index in [0.29, 0.717) is 5.75 Å². The standard InChI is InChI=1S/C36H60O5/c1-24(2)15-12-16-25(3)17-13-18-26(4)19-14-21-36(11)22-20-30-29(7)33(27(5)28(6)34(30)41-36)39-31(37)23-32(38)40-35(8,9)10/h24-26H,12-23H2,1-11H3/t25?,26?,36-/m1/s1. The number of hydrogen-bond acceptors (Lipinski definition) is 5. The Hall–Kier alpha value is -2.04. The Kier molecular flexibility index (Phi) is 13.2. The number of carbonyl (C=O) groups excluding carboxylic acids is 2. The van der Waals surface area contributed by atoms with Crippen molar-refractivity contribution in [2.75, 3.05) is 0 Å². The van der Waals surface area contributed by atoms with Gasteiger partial charge >= 0.3 is 11.9 Å². The fourth-order valence-corrected chi connectivity index (χ4v) is 6.06. The minimum atomic E-state index is -0.640. The van der Waals surface area contributed by atoms with E-state index in [1.54, 1.807) is 20.8 Å². The molecule has 0 radical (unpaired) electrons. The van der Waals surface area contributed by atoms with Crippen LogP contribution in [0.3, 0.4) is 0 Å². The second kappa shape index (κ2) is 15.4. The normalized spacial score (nSPS) is 18.4. The highest BCUT2D eigenvalue weighted by atomic mass is 16.6. The molecular weight excluding hydrogens is 512 g/mol. The van der Waals surface area contributed by atoms with Crippen molar-refractivity contribution in [1.82, 2.24) is 0 Å². The van der Waals surface area contributed by atoms with Gasteiger partial charge in [0.15, 0.2) is 0 Å². The monoisotopic (exact) mass is 572 g/mol. The van der Waals surface area contributed by atoms with Crippen LogP contribution in [0.2, 0.25) is 0 Å². The number of fused-ring (bicyclic) bond motifs is 1. The first-order valence-corrected chi connectivity index (χ1v) is 16.3. The lowest BCUT2D eigenvalue weighted by Gasteiger charge is -2.38. The number of esters is 2. The minimum Gasteiger partial charge on any atom is -0.487 e. The fourth-order valence-electron chi connectivity index (χ4n) is 6.06. The van der Waals surface area contributed by atoms with Gasteiger partial charge in [-0.3, -0.25) is 9.59 Å². The fraction of sp³-hybridized carbons (Fsp3) is 0.778. The van der Waals surface area contributed by atoms with Crippen LogP contribution in [0.15, 0.2) is 0 Å². The lowest BCUT2D eigenvalue weighted by Crippen LogP contribution is -2.37. The van der Waals surface area contributed by atoms with Gasteiger partial charge in [0, 0.05) is 5.56 Å². The molecule has 41 heavy (non-hydrogen) atoms. The summed E-state index contributed by atoms with van der Waals surface area (Å²) in [6, 6.07) is 0. The van der Waals surface area contributed by atoms with Gasteiger partial charge in [-0.25, -0.2) is 0 Å². The molecule has 2 unspecified atom stereocenters. The molecule has 0 spiro atoms. The molecule has 234 valence electrons. The molecule has 0 aromatic heterocycles. The summed E-state index contributed by atoms with van der Waals surface area (Å²) in [6.45, 7) is 23.0. The number of hydrogen-bond donors (Lipinski definition) is 0. The molecule has 0 bridgehead atoms.